The van der Waals surface area contributed by atoms with E-state index in [0.717, 1.165) is 18.6 Å². The monoisotopic (exact) mass is 297 g/mol. The molecule has 0 saturated heterocycles. The predicted molar refractivity (Wildman–Crippen MR) is 95.2 cm³/mol. The molecule has 0 fully saturated rings. The van der Waals surface area contributed by atoms with Crippen molar-refractivity contribution >= 4 is 17.4 Å². The van der Waals surface area contributed by atoms with Gasteiger partial charge in [0, 0.05) is 22.4 Å². The van der Waals surface area contributed by atoms with Crippen molar-refractivity contribution in [1.82, 2.24) is 0 Å². The van der Waals surface area contributed by atoms with Crippen LogP contribution in [0.25, 0.3) is 0 Å². The fourth-order valence-corrected chi connectivity index (χ4v) is 3.03. The lowest BCUT2D eigenvalue weighted by Crippen LogP contribution is -2.21. The molecule has 2 aromatic rings. The van der Waals surface area contributed by atoms with Gasteiger partial charge in [-0.1, -0.05) is 55.5 Å². The molecule has 0 aromatic heterocycles. The highest BCUT2D eigenvalue weighted by atomic mass is 32.2. The SMILES string of the molecule is C=CCSc1ccccc1NC(CC)Cc1ccccc1. The summed E-state index contributed by atoms with van der Waals surface area (Å²) in [6.45, 7) is 6.03. The van der Waals surface area contributed by atoms with Crippen molar-refractivity contribution in [3.8, 4) is 0 Å². The number of benzene rings is 2. The molecule has 2 heteroatoms. The van der Waals surface area contributed by atoms with Gasteiger partial charge in [-0.25, -0.2) is 0 Å². The number of thioether (sulfide) groups is 1. The topological polar surface area (TPSA) is 12.0 Å². The summed E-state index contributed by atoms with van der Waals surface area (Å²) in [6.07, 6.45) is 4.11. The summed E-state index contributed by atoms with van der Waals surface area (Å²) in [5.41, 5.74) is 2.61. The van der Waals surface area contributed by atoms with Gasteiger partial charge in [0.05, 0.1) is 0 Å². The third-order valence-corrected chi connectivity index (χ3v) is 4.49. The van der Waals surface area contributed by atoms with E-state index in [1.165, 1.54) is 16.1 Å². The van der Waals surface area contributed by atoms with Crippen LogP contribution in [0.2, 0.25) is 0 Å². The molecule has 2 aromatic carbocycles. The summed E-state index contributed by atoms with van der Waals surface area (Å²) in [6, 6.07) is 19.7. The van der Waals surface area contributed by atoms with E-state index in [-0.39, 0.29) is 0 Å². The zero-order valence-corrected chi connectivity index (χ0v) is 13.4. The predicted octanol–water partition coefficient (Wildman–Crippen LogP) is 5.40. The van der Waals surface area contributed by atoms with Crippen molar-refractivity contribution in [2.24, 2.45) is 0 Å². The third-order valence-electron chi connectivity index (χ3n) is 3.42. The molecule has 1 unspecified atom stereocenters. The second-order valence-corrected chi connectivity index (χ2v) is 6.10. The van der Waals surface area contributed by atoms with Crippen molar-refractivity contribution in [1.29, 1.82) is 0 Å². The van der Waals surface area contributed by atoms with Gasteiger partial charge < -0.3 is 5.32 Å². The highest BCUT2D eigenvalue weighted by Crippen LogP contribution is 2.28. The zero-order chi connectivity index (χ0) is 14.9. The quantitative estimate of drug-likeness (QED) is 0.517. The maximum Gasteiger partial charge on any atom is 0.0480 e. The summed E-state index contributed by atoms with van der Waals surface area (Å²) in [4.78, 5) is 1.30. The highest BCUT2D eigenvalue weighted by Gasteiger charge is 2.09. The zero-order valence-electron chi connectivity index (χ0n) is 12.6. The van der Waals surface area contributed by atoms with E-state index in [0.29, 0.717) is 6.04 Å². The van der Waals surface area contributed by atoms with Crippen molar-refractivity contribution in [2.45, 2.75) is 30.7 Å². The van der Waals surface area contributed by atoms with Crippen LogP contribution in [0.15, 0.2) is 72.1 Å². The van der Waals surface area contributed by atoms with E-state index < -0.39 is 0 Å². The minimum atomic E-state index is 0.456. The average Bonchev–Trinajstić information content (AvgIpc) is 2.54. The van der Waals surface area contributed by atoms with Crippen LogP contribution in [0.1, 0.15) is 18.9 Å². The molecule has 1 atom stereocenters. The Labute approximate surface area is 132 Å². The van der Waals surface area contributed by atoms with Gasteiger partial charge in [0.1, 0.15) is 0 Å². The Bertz CT molecular complexity index is 551. The van der Waals surface area contributed by atoms with E-state index in [1.807, 2.05) is 17.8 Å². The molecular formula is C19H23NS. The van der Waals surface area contributed by atoms with E-state index in [4.69, 9.17) is 0 Å². The Hall–Kier alpha value is -1.67. The molecule has 0 aliphatic carbocycles. The van der Waals surface area contributed by atoms with E-state index in [1.54, 1.807) is 0 Å². The standard InChI is InChI=1S/C19H23NS/c1-3-14-21-19-13-9-8-12-18(19)20-17(4-2)15-16-10-6-5-7-11-16/h3,5-13,17,20H,1,4,14-15H2,2H3. The van der Waals surface area contributed by atoms with Gasteiger partial charge in [-0.3, -0.25) is 0 Å². The summed E-state index contributed by atoms with van der Waals surface area (Å²) >= 11 is 1.83. The fraction of sp³-hybridized carbons (Fsp3) is 0.263. The van der Waals surface area contributed by atoms with Crippen molar-refractivity contribution in [2.75, 3.05) is 11.1 Å². The lowest BCUT2D eigenvalue weighted by molar-refractivity contribution is 0.688. The number of rotatable bonds is 8. The molecule has 110 valence electrons. The van der Waals surface area contributed by atoms with E-state index in [9.17, 15) is 0 Å². The summed E-state index contributed by atoms with van der Waals surface area (Å²) in [5, 5.41) is 3.70. The third kappa shape index (κ3) is 4.98. The van der Waals surface area contributed by atoms with E-state index >= 15 is 0 Å². The molecule has 21 heavy (non-hydrogen) atoms. The second kappa shape index (κ2) is 8.58. The largest absolute Gasteiger partial charge is 0.381 e. The minimum absolute atomic E-state index is 0.456. The first-order valence-electron chi connectivity index (χ1n) is 7.46. The number of para-hydroxylation sites is 1. The molecular weight excluding hydrogens is 274 g/mol. The molecule has 2 rings (SSSR count). The van der Waals surface area contributed by atoms with Crippen LogP contribution in [0.4, 0.5) is 5.69 Å². The van der Waals surface area contributed by atoms with Crippen LogP contribution >= 0.6 is 11.8 Å². The molecule has 0 aliphatic heterocycles. The maximum atomic E-state index is 3.80. The van der Waals surface area contributed by atoms with Gasteiger partial charge in [0.15, 0.2) is 0 Å². The van der Waals surface area contributed by atoms with Crippen LogP contribution in [0.3, 0.4) is 0 Å². The lowest BCUT2D eigenvalue weighted by Gasteiger charge is -2.20. The molecule has 0 aliphatic rings. The molecule has 1 N–H and O–H groups in total. The van der Waals surface area contributed by atoms with Crippen LogP contribution in [-0.2, 0) is 6.42 Å². The van der Waals surface area contributed by atoms with E-state index in [2.05, 4.69) is 73.4 Å². The minimum Gasteiger partial charge on any atom is -0.381 e. The van der Waals surface area contributed by atoms with Crippen LogP contribution in [-0.4, -0.2) is 11.8 Å². The number of hydrogen-bond acceptors (Lipinski definition) is 2. The van der Waals surface area contributed by atoms with Crippen molar-refractivity contribution < 1.29 is 0 Å². The number of anilines is 1. The van der Waals surface area contributed by atoms with Gasteiger partial charge >= 0.3 is 0 Å². The number of hydrogen-bond donors (Lipinski definition) is 1. The first kappa shape index (κ1) is 15.7. The lowest BCUT2D eigenvalue weighted by atomic mass is 10.0. The molecule has 1 nitrogen and oxygen atoms in total. The average molecular weight is 297 g/mol. The summed E-state index contributed by atoms with van der Waals surface area (Å²) in [5.74, 6) is 0.939. The molecule has 0 bridgehead atoms. The van der Waals surface area contributed by atoms with Crippen molar-refractivity contribution in [3.05, 3.63) is 72.8 Å². The van der Waals surface area contributed by atoms with Gasteiger partial charge in [-0.15, -0.1) is 18.3 Å². The Balaban J connectivity index is 2.06. The Morgan fingerprint density at radius 2 is 1.81 bits per heavy atom. The number of nitrogens with one attached hydrogen (secondary N) is 1. The highest BCUT2D eigenvalue weighted by molar-refractivity contribution is 7.99. The molecule has 0 heterocycles. The Kier molecular flexibility index (Phi) is 6.42. The second-order valence-electron chi connectivity index (χ2n) is 5.04. The Morgan fingerprint density at radius 1 is 1.10 bits per heavy atom. The van der Waals surface area contributed by atoms with Gasteiger partial charge in [-0.2, -0.15) is 0 Å². The van der Waals surface area contributed by atoms with Crippen molar-refractivity contribution in [3.63, 3.8) is 0 Å². The van der Waals surface area contributed by atoms with Gasteiger partial charge in [0.25, 0.3) is 0 Å². The molecule has 0 spiro atoms. The maximum absolute atomic E-state index is 3.80. The Morgan fingerprint density at radius 3 is 2.52 bits per heavy atom. The molecule has 0 amide bonds. The molecule has 0 radical (unpaired) electrons. The molecule has 0 saturated carbocycles. The van der Waals surface area contributed by atoms with Crippen LogP contribution in [0, 0.1) is 0 Å². The fourth-order valence-electron chi connectivity index (χ4n) is 2.28. The normalized spacial score (nSPS) is 11.9. The van der Waals surface area contributed by atoms with Gasteiger partial charge in [0.2, 0.25) is 0 Å². The van der Waals surface area contributed by atoms with Crippen LogP contribution in [0.5, 0.6) is 0 Å². The summed E-state index contributed by atoms with van der Waals surface area (Å²) in [7, 11) is 0. The first-order valence-corrected chi connectivity index (χ1v) is 8.45. The van der Waals surface area contributed by atoms with Gasteiger partial charge in [-0.05, 0) is 30.5 Å². The summed E-state index contributed by atoms with van der Waals surface area (Å²) < 4.78 is 0. The van der Waals surface area contributed by atoms with Crippen LogP contribution < -0.4 is 5.32 Å². The smallest absolute Gasteiger partial charge is 0.0480 e. The first-order chi connectivity index (χ1) is 10.3.